The molecule has 0 aliphatic heterocycles. The second-order valence-corrected chi connectivity index (χ2v) is 2.59. The molecule has 3 nitrogen and oxygen atoms in total. The van der Waals surface area contributed by atoms with Gasteiger partial charge < -0.3 is 4.74 Å². The van der Waals surface area contributed by atoms with E-state index in [-0.39, 0.29) is 6.61 Å². The van der Waals surface area contributed by atoms with Crippen LogP contribution in [0.15, 0.2) is 16.9 Å². The Hall–Kier alpha value is -1.08. The molecule has 0 aliphatic rings. The fraction of sp³-hybridized carbons (Fsp3) is 0.143. The number of hydrogen-bond donors (Lipinski definition) is 0. The van der Waals surface area contributed by atoms with Crippen LogP contribution in [0.25, 0.3) is 0 Å². The lowest BCUT2D eigenvalue weighted by atomic mass is 10.7. The predicted molar refractivity (Wildman–Crippen MR) is 44.1 cm³/mol. The molecule has 1 aromatic heterocycles. The van der Waals surface area contributed by atoms with Crippen LogP contribution in [-0.2, 0) is 0 Å². The standard InChI is InChI=1S/C7H5BrN2O/c1-2-3-11-7-9-4-6(8)5-10-7/h1,4-5H,3H2. The highest BCUT2D eigenvalue weighted by molar-refractivity contribution is 9.10. The van der Waals surface area contributed by atoms with Crippen LogP contribution in [0.1, 0.15) is 0 Å². The Balaban J connectivity index is 2.60. The Bertz CT molecular complexity index is 265. The lowest BCUT2D eigenvalue weighted by molar-refractivity contribution is 0.339. The van der Waals surface area contributed by atoms with Crippen molar-refractivity contribution >= 4 is 15.9 Å². The van der Waals surface area contributed by atoms with E-state index in [1.165, 1.54) is 0 Å². The van der Waals surface area contributed by atoms with Gasteiger partial charge in [-0.1, -0.05) is 5.92 Å². The summed E-state index contributed by atoms with van der Waals surface area (Å²) in [4.78, 5) is 7.68. The van der Waals surface area contributed by atoms with Gasteiger partial charge in [0, 0.05) is 12.4 Å². The number of hydrogen-bond acceptors (Lipinski definition) is 3. The summed E-state index contributed by atoms with van der Waals surface area (Å²) in [5, 5.41) is 0. The molecule has 56 valence electrons. The summed E-state index contributed by atoms with van der Waals surface area (Å²) in [5.41, 5.74) is 0. The quantitative estimate of drug-likeness (QED) is 0.693. The van der Waals surface area contributed by atoms with E-state index >= 15 is 0 Å². The predicted octanol–water partition coefficient (Wildman–Crippen LogP) is 1.25. The third kappa shape index (κ3) is 2.56. The lowest BCUT2D eigenvalue weighted by Crippen LogP contribution is -1.97. The molecule has 4 heteroatoms. The molecule has 0 fully saturated rings. The maximum atomic E-state index is 4.97. The average molecular weight is 213 g/mol. The molecule has 0 aromatic carbocycles. The fourth-order valence-corrected chi connectivity index (χ4v) is 0.686. The minimum absolute atomic E-state index is 0.196. The van der Waals surface area contributed by atoms with E-state index in [0.29, 0.717) is 6.01 Å². The summed E-state index contributed by atoms with van der Waals surface area (Å²) < 4.78 is 5.74. The molecule has 0 N–H and O–H groups in total. The molecule has 0 atom stereocenters. The number of aromatic nitrogens is 2. The smallest absolute Gasteiger partial charge is 0.317 e. The lowest BCUT2D eigenvalue weighted by Gasteiger charge is -1.97. The van der Waals surface area contributed by atoms with Crippen molar-refractivity contribution < 1.29 is 4.74 Å². The first-order valence-corrected chi connectivity index (χ1v) is 3.66. The Morgan fingerprint density at radius 1 is 1.55 bits per heavy atom. The molecule has 0 saturated heterocycles. The highest BCUT2D eigenvalue weighted by atomic mass is 79.9. The SMILES string of the molecule is C#CCOc1ncc(Br)cn1. The van der Waals surface area contributed by atoms with Crippen molar-refractivity contribution in [1.29, 1.82) is 0 Å². The van der Waals surface area contributed by atoms with Gasteiger partial charge in [0.1, 0.15) is 0 Å². The van der Waals surface area contributed by atoms with E-state index in [1.807, 2.05) is 0 Å². The molecular formula is C7H5BrN2O. The summed E-state index contributed by atoms with van der Waals surface area (Å²) in [6.07, 6.45) is 8.16. The number of halogens is 1. The van der Waals surface area contributed by atoms with Crippen LogP contribution in [-0.4, -0.2) is 16.6 Å². The van der Waals surface area contributed by atoms with Crippen molar-refractivity contribution in [2.75, 3.05) is 6.61 Å². The molecule has 0 aliphatic carbocycles. The molecule has 1 heterocycles. The summed E-state index contributed by atoms with van der Waals surface area (Å²) in [5.74, 6) is 2.32. The third-order valence-electron chi connectivity index (χ3n) is 0.881. The average Bonchev–Trinajstić information content (AvgIpc) is 2.04. The first-order chi connectivity index (χ1) is 5.33. The van der Waals surface area contributed by atoms with Gasteiger partial charge >= 0.3 is 6.01 Å². The van der Waals surface area contributed by atoms with Gasteiger partial charge in [-0.2, -0.15) is 0 Å². The Kier molecular flexibility index (Phi) is 2.87. The van der Waals surface area contributed by atoms with Crippen LogP contribution >= 0.6 is 15.9 Å². The van der Waals surface area contributed by atoms with E-state index in [0.717, 1.165) is 4.47 Å². The molecule has 1 aromatic rings. The van der Waals surface area contributed by atoms with Gasteiger partial charge in [0.15, 0.2) is 6.61 Å². The van der Waals surface area contributed by atoms with Crippen LogP contribution in [0.3, 0.4) is 0 Å². The highest BCUT2D eigenvalue weighted by Gasteiger charge is 1.93. The Morgan fingerprint density at radius 3 is 2.73 bits per heavy atom. The third-order valence-corrected chi connectivity index (χ3v) is 1.29. The minimum atomic E-state index is 0.196. The Labute approximate surface area is 72.9 Å². The Morgan fingerprint density at radius 2 is 2.18 bits per heavy atom. The second-order valence-electron chi connectivity index (χ2n) is 1.68. The largest absolute Gasteiger partial charge is 0.450 e. The van der Waals surface area contributed by atoms with Crippen molar-refractivity contribution in [2.24, 2.45) is 0 Å². The molecule has 0 unspecified atom stereocenters. The van der Waals surface area contributed by atoms with Gasteiger partial charge in [-0.25, -0.2) is 9.97 Å². The molecular weight excluding hydrogens is 208 g/mol. The topological polar surface area (TPSA) is 35.0 Å². The number of rotatable bonds is 2. The van der Waals surface area contributed by atoms with Gasteiger partial charge in [-0.05, 0) is 15.9 Å². The van der Waals surface area contributed by atoms with Gasteiger partial charge in [0.05, 0.1) is 4.47 Å². The van der Waals surface area contributed by atoms with Gasteiger partial charge in [-0.15, -0.1) is 6.42 Å². The zero-order valence-electron chi connectivity index (χ0n) is 5.62. The second kappa shape index (κ2) is 3.94. The van der Waals surface area contributed by atoms with Crippen LogP contribution < -0.4 is 4.74 Å². The van der Waals surface area contributed by atoms with Gasteiger partial charge in [0.2, 0.25) is 0 Å². The number of ether oxygens (including phenoxy) is 1. The maximum absolute atomic E-state index is 4.97. The first-order valence-electron chi connectivity index (χ1n) is 2.86. The molecule has 11 heavy (non-hydrogen) atoms. The molecule has 0 saturated carbocycles. The molecule has 0 spiro atoms. The van der Waals surface area contributed by atoms with Crippen molar-refractivity contribution in [2.45, 2.75) is 0 Å². The zero-order valence-corrected chi connectivity index (χ0v) is 7.21. The maximum Gasteiger partial charge on any atom is 0.317 e. The minimum Gasteiger partial charge on any atom is -0.450 e. The molecule has 1 rings (SSSR count). The van der Waals surface area contributed by atoms with Crippen LogP contribution in [0.5, 0.6) is 6.01 Å². The normalized spacial score (nSPS) is 8.73. The number of nitrogens with zero attached hydrogens (tertiary/aromatic N) is 2. The summed E-state index contributed by atoms with van der Waals surface area (Å²) in [6.45, 7) is 0.196. The van der Waals surface area contributed by atoms with Gasteiger partial charge in [0.25, 0.3) is 0 Å². The van der Waals surface area contributed by atoms with E-state index in [9.17, 15) is 0 Å². The van der Waals surface area contributed by atoms with Crippen molar-refractivity contribution in [1.82, 2.24) is 9.97 Å². The van der Waals surface area contributed by atoms with Crippen molar-refractivity contribution in [3.8, 4) is 18.4 Å². The van der Waals surface area contributed by atoms with Gasteiger partial charge in [-0.3, -0.25) is 0 Å². The molecule has 0 amide bonds. The van der Waals surface area contributed by atoms with Crippen molar-refractivity contribution in [3.05, 3.63) is 16.9 Å². The first kappa shape index (κ1) is 8.02. The summed E-state index contributed by atoms with van der Waals surface area (Å²) in [7, 11) is 0. The summed E-state index contributed by atoms with van der Waals surface area (Å²) in [6, 6.07) is 0.297. The van der Waals surface area contributed by atoms with Crippen LogP contribution in [0, 0.1) is 12.3 Å². The van der Waals surface area contributed by atoms with Crippen LogP contribution in [0.2, 0.25) is 0 Å². The zero-order chi connectivity index (χ0) is 8.10. The molecule has 0 bridgehead atoms. The highest BCUT2D eigenvalue weighted by Crippen LogP contribution is 2.07. The van der Waals surface area contributed by atoms with E-state index in [4.69, 9.17) is 11.2 Å². The van der Waals surface area contributed by atoms with E-state index < -0.39 is 0 Å². The van der Waals surface area contributed by atoms with Crippen LogP contribution in [0.4, 0.5) is 0 Å². The monoisotopic (exact) mass is 212 g/mol. The summed E-state index contributed by atoms with van der Waals surface area (Å²) >= 11 is 3.19. The number of terminal acetylenes is 1. The van der Waals surface area contributed by atoms with E-state index in [1.54, 1.807) is 12.4 Å². The molecule has 0 radical (unpaired) electrons. The fourth-order valence-electron chi connectivity index (χ4n) is 0.481. The van der Waals surface area contributed by atoms with Crippen molar-refractivity contribution in [3.63, 3.8) is 0 Å². The van der Waals surface area contributed by atoms with E-state index in [2.05, 4.69) is 31.8 Å².